The van der Waals surface area contributed by atoms with Crippen molar-refractivity contribution >= 4 is 11.7 Å². The van der Waals surface area contributed by atoms with E-state index < -0.39 is 0 Å². The Morgan fingerprint density at radius 2 is 1.58 bits per heavy atom. The van der Waals surface area contributed by atoms with Gasteiger partial charge in [-0.15, -0.1) is 10.2 Å². The van der Waals surface area contributed by atoms with Crippen LogP contribution in [-0.4, -0.2) is 53.8 Å². The van der Waals surface area contributed by atoms with Gasteiger partial charge in [0.2, 0.25) is 0 Å². The maximum Gasteiger partial charge on any atom is 0.260 e. The van der Waals surface area contributed by atoms with Gasteiger partial charge in [0, 0.05) is 31.7 Å². The number of benzene rings is 2. The molecule has 0 bridgehead atoms. The Hall–Kier alpha value is -3.41. The molecule has 6 nitrogen and oxygen atoms in total. The van der Waals surface area contributed by atoms with Crippen molar-refractivity contribution in [3.63, 3.8) is 0 Å². The number of ether oxygens (including phenoxy) is 1. The van der Waals surface area contributed by atoms with Crippen LogP contribution in [-0.2, 0) is 4.79 Å². The third-order valence-corrected chi connectivity index (χ3v) is 6.63. The van der Waals surface area contributed by atoms with E-state index in [1.807, 2.05) is 49.1 Å². The second-order valence-electron chi connectivity index (χ2n) is 8.88. The summed E-state index contributed by atoms with van der Waals surface area (Å²) in [5.41, 5.74) is 7.99. The Balaban J connectivity index is 1.33. The van der Waals surface area contributed by atoms with Gasteiger partial charge in [-0.3, -0.25) is 4.79 Å². The number of nitrogens with zero attached hydrogens (tertiary/aromatic N) is 4. The van der Waals surface area contributed by atoms with E-state index in [4.69, 9.17) is 4.74 Å². The Morgan fingerprint density at radius 3 is 2.27 bits per heavy atom. The molecule has 3 aromatic rings. The van der Waals surface area contributed by atoms with Crippen molar-refractivity contribution in [3.8, 4) is 17.0 Å². The summed E-state index contributed by atoms with van der Waals surface area (Å²) in [5.74, 6) is 1.64. The molecular weight excluding hydrogens is 412 g/mol. The molecule has 0 atom stereocenters. The Morgan fingerprint density at radius 1 is 0.848 bits per heavy atom. The summed E-state index contributed by atoms with van der Waals surface area (Å²) < 4.78 is 5.80. The zero-order valence-electron chi connectivity index (χ0n) is 20.2. The van der Waals surface area contributed by atoms with E-state index in [-0.39, 0.29) is 12.5 Å². The monoisotopic (exact) mass is 444 g/mol. The number of carbonyl (C=O) groups is 1. The molecule has 0 N–H and O–H groups in total. The zero-order valence-corrected chi connectivity index (χ0v) is 20.2. The van der Waals surface area contributed by atoms with Gasteiger partial charge in [0.1, 0.15) is 5.75 Å². The van der Waals surface area contributed by atoms with E-state index >= 15 is 0 Å². The number of aromatic nitrogens is 2. The van der Waals surface area contributed by atoms with E-state index in [2.05, 4.69) is 48.0 Å². The van der Waals surface area contributed by atoms with E-state index in [9.17, 15) is 4.79 Å². The lowest BCUT2D eigenvalue weighted by atomic mass is 9.99. The molecule has 0 spiro atoms. The number of piperazine rings is 1. The van der Waals surface area contributed by atoms with Gasteiger partial charge in [-0.1, -0.05) is 18.2 Å². The molecule has 1 fully saturated rings. The van der Waals surface area contributed by atoms with Gasteiger partial charge in [-0.05, 0) is 86.7 Å². The first-order chi connectivity index (χ1) is 15.8. The molecule has 1 aliphatic heterocycles. The highest BCUT2D eigenvalue weighted by atomic mass is 16.5. The minimum absolute atomic E-state index is 0.0159. The maximum atomic E-state index is 12.7. The Kier molecular flexibility index (Phi) is 6.63. The lowest BCUT2D eigenvalue weighted by Crippen LogP contribution is -2.50. The molecule has 2 aromatic carbocycles. The average Bonchev–Trinajstić information content (AvgIpc) is 2.82. The second-order valence-corrected chi connectivity index (χ2v) is 8.88. The van der Waals surface area contributed by atoms with Crippen molar-refractivity contribution in [3.05, 3.63) is 70.3 Å². The third kappa shape index (κ3) is 5.00. The summed E-state index contributed by atoms with van der Waals surface area (Å²) in [7, 11) is 0. The predicted octanol–water partition coefficient (Wildman–Crippen LogP) is 4.41. The van der Waals surface area contributed by atoms with Gasteiger partial charge in [0.25, 0.3) is 5.91 Å². The fourth-order valence-electron chi connectivity index (χ4n) is 4.17. The Bertz CT molecular complexity index is 1150. The summed E-state index contributed by atoms with van der Waals surface area (Å²) >= 11 is 0. The molecule has 4 rings (SSSR count). The highest BCUT2D eigenvalue weighted by molar-refractivity contribution is 5.78. The van der Waals surface area contributed by atoms with Crippen LogP contribution < -0.4 is 9.64 Å². The molecule has 1 amide bonds. The SMILES string of the molecule is Cc1cc(C)c(-c2ccc(N3CCN(C(=O)COc4cccc(C)c4C)CC3)nn2)cc1C. The third-order valence-electron chi connectivity index (χ3n) is 6.63. The first kappa shape index (κ1) is 22.8. The van der Waals surface area contributed by atoms with Crippen LogP contribution in [0.2, 0.25) is 0 Å². The molecule has 0 radical (unpaired) electrons. The van der Waals surface area contributed by atoms with Gasteiger partial charge in [0.05, 0.1) is 5.69 Å². The minimum Gasteiger partial charge on any atom is -0.483 e. The Labute approximate surface area is 196 Å². The maximum absolute atomic E-state index is 12.7. The van der Waals surface area contributed by atoms with Crippen molar-refractivity contribution in [2.75, 3.05) is 37.7 Å². The second kappa shape index (κ2) is 9.61. The first-order valence-corrected chi connectivity index (χ1v) is 11.5. The van der Waals surface area contributed by atoms with E-state index in [0.717, 1.165) is 47.0 Å². The van der Waals surface area contributed by atoms with Gasteiger partial charge in [0.15, 0.2) is 12.4 Å². The summed E-state index contributed by atoms with van der Waals surface area (Å²) in [5, 5.41) is 8.98. The van der Waals surface area contributed by atoms with Crippen LogP contribution in [0, 0.1) is 34.6 Å². The van der Waals surface area contributed by atoms with E-state index in [1.165, 1.54) is 16.7 Å². The van der Waals surface area contributed by atoms with Crippen LogP contribution in [0.1, 0.15) is 27.8 Å². The number of amides is 1. The first-order valence-electron chi connectivity index (χ1n) is 11.5. The molecule has 172 valence electrons. The number of anilines is 1. The van der Waals surface area contributed by atoms with Crippen molar-refractivity contribution in [1.82, 2.24) is 15.1 Å². The summed E-state index contributed by atoms with van der Waals surface area (Å²) in [6.45, 7) is 13.2. The number of carbonyl (C=O) groups excluding carboxylic acids is 1. The molecule has 0 unspecified atom stereocenters. The highest BCUT2D eigenvalue weighted by Gasteiger charge is 2.23. The van der Waals surface area contributed by atoms with Crippen LogP contribution in [0.4, 0.5) is 5.82 Å². The molecule has 2 heterocycles. The molecule has 1 aliphatic rings. The van der Waals surface area contributed by atoms with Crippen molar-refractivity contribution in [1.29, 1.82) is 0 Å². The number of aryl methyl sites for hydroxylation is 4. The smallest absolute Gasteiger partial charge is 0.260 e. The summed E-state index contributed by atoms with van der Waals surface area (Å²) in [6, 6.07) is 14.3. The van der Waals surface area contributed by atoms with Crippen molar-refractivity contribution in [2.45, 2.75) is 34.6 Å². The largest absolute Gasteiger partial charge is 0.483 e. The highest BCUT2D eigenvalue weighted by Crippen LogP contribution is 2.26. The zero-order chi connectivity index (χ0) is 23.5. The molecule has 33 heavy (non-hydrogen) atoms. The quantitative estimate of drug-likeness (QED) is 0.583. The molecule has 6 heteroatoms. The fourth-order valence-corrected chi connectivity index (χ4v) is 4.17. The van der Waals surface area contributed by atoms with Gasteiger partial charge >= 0.3 is 0 Å². The van der Waals surface area contributed by atoms with Crippen LogP contribution in [0.25, 0.3) is 11.3 Å². The standard InChI is InChI=1S/C27H32N4O2/c1-18-7-6-8-25(22(18)5)33-17-27(32)31-13-11-30(12-14-31)26-10-9-24(28-29-26)23-16-20(3)19(2)15-21(23)4/h6-10,15-16H,11-14,17H2,1-5H3. The molecule has 1 saturated heterocycles. The van der Waals surface area contributed by atoms with E-state index in [1.54, 1.807) is 0 Å². The van der Waals surface area contributed by atoms with Crippen LogP contribution in [0.3, 0.4) is 0 Å². The lowest BCUT2D eigenvalue weighted by molar-refractivity contribution is -0.133. The molecule has 1 aromatic heterocycles. The number of hydrogen-bond donors (Lipinski definition) is 0. The molecule has 0 saturated carbocycles. The minimum atomic E-state index is 0.0159. The van der Waals surface area contributed by atoms with Crippen LogP contribution in [0.5, 0.6) is 5.75 Å². The average molecular weight is 445 g/mol. The van der Waals surface area contributed by atoms with Crippen molar-refractivity contribution < 1.29 is 9.53 Å². The fraction of sp³-hybridized carbons (Fsp3) is 0.370. The van der Waals surface area contributed by atoms with Gasteiger partial charge in [-0.2, -0.15) is 0 Å². The van der Waals surface area contributed by atoms with Crippen LogP contribution >= 0.6 is 0 Å². The predicted molar refractivity (Wildman–Crippen MR) is 132 cm³/mol. The summed E-state index contributed by atoms with van der Waals surface area (Å²) in [6.07, 6.45) is 0. The van der Waals surface area contributed by atoms with Gasteiger partial charge < -0.3 is 14.5 Å². The number of hydrogen-bond acceptors (Lipinski definition) is 5. The van der Waals surface area contributed by atoms with Crippen molar-refractivity contribution in [2.24, 2.45) is 0 Å². The molecular formula is C27H32N4O2. The summed E-state index contributed by atoms with van der Waals surface area (Å²) in [4.78, 5) is 16.7. The topological polar surface area (TPSA) is 58.6 Å². The normalized spacial score (nSPS) is 13.8. The number of rotatable bonds is 5. The van der Waals surface area contributed by atoms with Crippen LogP contribution in [0.15, 0.2) is 42.5 Å². The lowest BCUT2D eigenvalue weighted by Gasteiger charge is -2.35. The van der Waals surface area contributed by atoms with Gasteiger partial charge in [-0.25, -0.2) is 0 Å². The van der Waals surface area contributed by atoms with E-state index in [0.29, 0.717) is 13.1 Å². The molecule has 0 aliphatic carbocycles.